The zero-order valence-electron chi connectivity index (χ0n) is 8.19. The van der Waals surface area contributed by atoms with Crippen LogP contribution in [-0.2, 0) is 6.18 Å². The molecule has 2 aromatic rings. The highest BCUT2D eigenvalue weighted by atomic mass is 19.4. The van der Waals surface area contributed by atoms with E-state index in [1.807, 2.05) is 0 Å². The van der Waals surface area contributed by atoms with Gasteiger partial charge in [-0.3, -0.25) is 4.40 Å². The molecular formula is C9H6F3N3O2. The maximum atomic E-state index is 12.4. The Balaban J connectivity index is 2.70. The van der Waals surface area contributed by atoms with Gasteiger partial charge in [0.1, 0.15) is 11.5 Å². The number of nitrogens with two attached hydrogens (primary N) is 1. The minimum atomic E-state index is -4.52. The van der Waals surface area contributed by atoms with Gasteiger partial charge in [0.05, 0.1) is 5.56 Å². The number of rotatable bonds is 1. The van der Waals surface area contributed by atoms with Crippen LogP contribution in [0, 0.1) is 0 Å². The average molecular weight is 245 g/mol. The number of carbonyl (C=O) groups is 1. The Kier molecular flexibility index (Phi) is 2.23. The van der Waals surface area contributed by atoms with Gasteiger partial charge in [-0.25, -0.2) is 9.78 Å². The fourth-order valence-corrected chi connectivity index (χ4v) is 1.39. The number of fused-ring (bicyclic) bond motifs is 1. The van der Waals surface area contributed by atoms with Crippen LogP contribution in [0.5, 0.6) is 0 Å². The van der Waals surface area contributed by atoms with Gasteiger partial charge in [-0.2, -0.15) is 13.2 Å². The second-order valence-electron chi connectivity index (χ2n) is 3.29. The highest BCUT2D eigenvalue weighted by molar-refractivity contribution is 5.92. The maximum Gasteiger partial charge on any atom is 0.417 e. The minimum Gasteiger partial charge on any atom is -0.476 e. The molecule has 0 bridgehead atoms. The summed E-state index contributed by atoms with van der Waals surface area (Å²) < 4.78 is 38.2. The number of hydrogen-bond acceptors (Lipinski definition) is 3. The quantitative estimate of drug-likeness (QED) is 0.800. The molecule has 0 spiro atoms. The predicted molar refractivity (Wildman–Crippen MR) is 51.6 cm³/mol. The number of nitrogens with zero attached hydrogens (tertiary/aromatic N) is 2. The monoisotopic (exact) mass is 245 g/mol. The molecule has 90 valence electrons. The van der Waals surface area contributed by atoms with E-state index in [1.165, 1.54) is 0 Å². The average Bonchev–Trinajstić information content (AvgIpc) is 2.54. The molecule has 0 aromatic carbocycles. The van der Waals surface area contributed by atoms with Crippen molar-refractivity contribution in [3.8, 4) is 0 Å². The predicted octanol–water partition coefficient (Wildman–Crippen LogP) is 1.63. The van der Waals surface area contributed by atoms with E-state index in [-0.39, 0.29) is 11.5 Å². The van der Waals surface area contributed by atoms with E-state index in [1.54, 1.807) is 0 Å². The van der Waals surface area contributed by atoms with Gasteiger partial charge in [-0.1, -0.05) is 0 Å². The van der Waals surface area contributed by atoms with E-state index in [9.17, 15) is 18.0 Å². The Morgan fingerprint density at radius 3 is 2.59 bits per heavy atom. The molecule has 0 saturated heterocycles. The van der Waals surface area contributed by atoms with E-state index in [4.69, 9.17) is 10.8 Å². The number of hydrogen-bond donors (Lipinski definition) is 2. The number of pyridine rings is 1. The van der Waals surface area contributed by atoms with Crippen molar-refractivity contribution in [1.82, 2.24) is 9.38 Å². The molecule has 0 radical (unpaired) electrons. The number of nitrogen functional groups attached to an aromatic ring is 1. The molecule has 0 aliphatic rings. The largest absolute Gasteiger partial charge is 0.476 e. The van der Waals surface area contributed by atoms with Crippen molar-refractivity contribution in [2.75, 3.05) is 5.73 Å². The topological polar surface area (TPSA) is 80.6 Å². The van der Waals surface area contributed by atoms with Gasteiger partial charge in [-0.05, 0) is 12.1 Å². The van der Waals surface area contributed by atoms with Crippen molar-refractivity contribution in [2.45, 2.75) is 6.18 Å². The lowest BCUT2D eigenvalue weighted by molar-refractivity contribution is -0.137. The lowest BCUT2D eigenvalue weighted by atomic mass is 10.3. The number of aromatic nitrogens is 2. The molecule has 0 aliphatic heterocycles. The van der Waals surface area contributed by atoms with Crippen LogP contribution >= 0.6 is 0 Å². The summed E-state index contributed by atoms with van der Waals surface area (Å²) in [5.41, 5.74) is 4.06. The lowest BCUT2D eigenvalue weighted by Crippen LogP contribution is -2.07. The second-order valence-corrected chi connectivity index (χ2v) is 3.29. The second kappa shape index (κ2) is 3.37. The fraction of sp³-hybridized carbons (Fsp3) is 0.111. The van der Waals surface area contributed by atoms with Crippen molar-refractivity contribution in [3.63, 3.8) is 0 Å². The summed E-state index contributed by atoms with van der Waals surface area (Å²) in [5.74, 6) is -1.72. The van der Waals surface area contributed by atoms with Crippen molar-refractivity contribution in [3.05, 3.63) is 29.6 Å². The number of imidazole rings is 1. The number of carboxylic acids is 1. The van der Waals surface area contributed by atoms with Gasteiger partial charge < -0.3 is 10.8 Å². The molecule has 0 aliphatic carbocycles. The molecule has 2 heterocycles. The molecule has 3 N–H and O–H groups in total. The number of halogens is 3. The van der Waals surface area contributed by atoms with E-state index in [0.717, 1.165) is 16.5 Å². The summed E-state index contributed by atoms with van der Waals surface area (Å²) in [6.07, 6.45) is -3.81. The van der Waals surface area contributed by atoms with Gasteiger partial charge in [0.15, 0.2) is 5.69 Å². The van der Waals surface area contributed by atoms with Gasteiger partial charge in [0, 0.05) is 6.20 Å². The van der Waals surface area contributed by atoms with Crippen LogP contribution < -0.4 is 5.73 Å². The standard InChI is InChI=1S/C9H6F3N3O2/c10-9(11,12)4-1-2-5-14-6(8(16)17)7(13)15(5)3-4/h1-3H,13H2,(H,16,17). The van der Waals surface area contributed by atoms with E-state index >= 15 is 0 Å². The van der Waals surface area contributed by atoms with E-state index in [0.29, 0.717) is 6.20 Å². The summed E-state index contributed by atoms with van der Waals surface area (Å²) in [7, 11) is 0. The molecule has 0 amide bonds. The number of carboxylic acid groups (broad SMARTS) is 1. The third-order valence-electron chi connectivity index (χ3n) is 2.19. The number of alkyl halides is 3. The normalized spacial score (nSPS) is 11.9. The molecule has 2 aromatic heterocycles. The SMILES string of the molecule is Nc1c(C(=O)O)nc2ccc(C(F)(F)F)cn12. The van der Waals surface area contributed by atoms with Crippen LogP contribution in [0.2, 0.25) is 0 Å². The first-order valence-corrected chi connectivity index (χ1v) is 4.39. The Morgan fingerprint density at radius 1 is 1.41 bits per heavy atom. The third-order valence-corrected chi connectivity index (χ3v) is 2.19. The van der Waals surface area contributed by atoms with E-state index < -0.39 is 23.4 Å². The number of aromatic carboxylic acids is 1. The Hall–Kier alpha value is -2.25. The van der Waals surface area contributed by atoms with Crippen molar-refractivity contribution < 1.29 is 23.1 Å². The zero-order chi connectivity index (χ0) is 12.8. The molecule has 5 nitrogen and oxygen atoms in total. The molecule has 0 atom stereocenters. The summed E-state index contributed by atoms with van der Waals surface area (Å²) in [6.45, 7) is 0. The van der Waals surface area contributed by atoms with Crippen molar-refractivity contribution >= 4 is 17.4 Å². The molecular weight excluding hydrogens is 239 g/mol. The van der Waals surface area contributed by atoms with Crippen LogP contribution in [0.4, 0.5) is 19.0 Å². The van der Waals surface area contributed by atoms with Gasteiger partial charge in [0.2, 0.25) is 0 Å². The molecule has 0 fully saturated rings. The third kappa shape index (κ3) is 1.77. The fourth-order valence-electron chi connectivity index (χ4n) is 1.39. The maximum absolute atomic E-state index is 12.4. The van der Waals surface area contributed by atoms with E-state index in [2.05, 4.69) is 4.98 Å². The van der Waals surface area contributed by atoms with Crippen LogP contribution in [0.25, 0.3) is 5.65 Å². The molecule has 0 saturated carbocycles. The minimum absolute atomic E-state index is 0.0490. The van der Waals surface area contributed by atoms with Gasteiger partial charge >= 0.3 is 12.1 Å². The first kappa shape index (κ1) is 11.2. The summed E-state index contributed by atoms with van der Waals surface area (Å²) >= 11 is 0. The first-order valence-electron chi connectivity index (χ1n) is 4.39. The lowest BCUT2D eigenvalue weighted by Gasteiger charge is -2.06. The molecule has 17 heavy (non-hydrogen) atoms. The van der Waals surface area contributed by atoms with Crippen LogP contribution in [-0.4, -0.2) is 20.5 Å². The number of anilines is 1. The summed E-state index contributed by atoms with van der Waals surface area (Å²) in [6, 6.07) is 1.87. The Morgan fingerprint density at radius 2 is 2.06 bits per heavy atom. The van der Waals surface area contributed by atoms with Gasteiger partial charge in [-0.15, -0.1) is 0 Å². The smallest absolute Gasteiger partial charge is 0.417 e. The highest BCUT2D eigenvalue weighted by Crippen LogP contribution is 2.30. The van der Waals surface area contributed by atoms with Gasteiger partial charge in [0.25, 0.3) is 0 Å². The van der Waals surface area contributed by atoms with Crippen molar-refractivity contribution in [1.29, 1.82) is 0 Å². The molecule has 2 rings (SSSR count). The van der Waals surface area contributed by atoms with Crippen LogP contribution in [0.15, 0.2) is 18.3 Å². The van der Waals surface area contributed by atoms with Crippen LogP contribution in [0.1, 0.15) is 16.1 Å². The summed E-state index contributed by atoms with van der Waals surface area (Å²) in [5, 5.41) is 8.72. The zero-order valence-corrected chi connectivity index (χ0v) is 8.19. The van der Waals surface area contributed by atoms with Crippen LogP contribution in [0.3, 0.4) is 0 Å². The highest BCUT2D eigenvalue weighted by Gasteiger charge is 2.31. The Bertz CT molecular complexity index is 603. The first-order chi connectivity index (χ1) is 7.80. The molecule has 0 unspecified atom stereocenters. The van der Waals surface area contributed by atoms with Crippen molar-refractivity contribution in [2.24, 2.45) is 0 Å². The Labute approximate surface area is 92.3 Å². The summed E-state index contributed by atoms with van der Waals surface area (Å²) in [4.78, 5) is 14.3. The molecule has 8 heteroatoms.